The summed E-state index contributed by atoms with van der Waals surface area (Å²) in [5.41, 5.74) is -1.18. The van der Waals surface area contributed by atoms with Crippen LogP contribution in [0, 0.1) is 5.82 Å². The van der Waals surface area contributed by atoms with Crippen LogP contribution in [0.3, 0.4) is 0 Å². The van der Waals surface area contributed by atoms with Crippen molar-refractivity contribution >= 4 is 22.8 Å². The molecule has 2 aromatic carbocycles. The maximum Gasteiger partial charge on any atom is 0.332 e. The molecular formula is C22H18ClF3N4O3. The van der Waals surface area contributed by atoms with Gasteiger partial charge in [0.05, 0.1) is 12.1 Å². The third-order valence-electron chi connectivity index (χ3n) is 5.19. The minimum Gasteiger partial charge on any atom is -0.425 e. The van der Waals surface area contributed by atoms with Crippen LogP contribution in [0.25, 0.3) is 11.2 Å². The lowest BCUT2D eigenvalue weighted by molar-refractivity contribution is 0.0135. The van der Waals surface area contributed by atoms with Gasteiger partial charge in [-0.1, -0.05) is 23.7 Å². The van der Waals surface area contributed by atoms with Crippen LogP contribution in [0.1, 0.15) is 18.1 Å². The Hall–Kier alpha value is -3.53. The molecule has 7 nitrogen and oxygen atoms in total. The second-order valence-electron chi connectivity index (χ2n) is 7.62. The molecular weight excluding hydrogens is 461 g/mol. The van der Waals surface area contributed by atoms with Crippen molar-refractivity contribution in [1.29, 1.82) is 0 Å². The van der Waals surface area contributed by atoms with E-state index in [0.29, 0.717) is 11.9 Å². The number of halogens is 4. The highest BCUT2D eigenvalue weighted by Crippen LogP contribution is 2.33. The third kappa shape index (κ3) is 4.13. The first-order valence-corrected chi connectivity index (χ1v) is 10.1. The number of ether oxygens (including phenoxy) is 1. The molecule has 0 spiro atoms. The molecule has 0 bridgehead atoms. The lowest BCUT2D eigenvalue weighted by Gasteiger charge is -2.14. The van der Waals surface area contributed by atoms with Gasteiger partial charge in [0.25, 0.3) is 11.5 Å². The number of benzene rings is 2. The Labute approximate surface area is 190 Å². The Bertz CT molecular complexity index is 1480. The Kier molecular flexibility index (Phi) is 5.57. The maximum atomic E-state index is 13.9. The van der Waals surface area contributed by atoms with E-state index in [2.05, 4.69) is 4.98 Å². The quantitative estimate of drug-likeness (QED) is 0.431. The van der Waals surface area contributed by atoms with E-state index >= 15 is 0 Å². The van der Waals surface area contributed by atoms with Crippen molar-refractivity contribution in [3.8, 4) is 11.8 Å². The molecule has 0 amide bonds. The van der Waals surface area contributed by atoms with E-state index in [1.54, 1.807) is 24.3 Å². The normalized spacial score (nSPS) is 11.8. The lowest BCUT2D eigenvalue weighted by Crippen LogP contribution is -2.37. The number of hydrogen-bond donors (Lipinski definition) is 0. The van der Waals surface area contributed by atoms with E-state index in [9.17, 15) is 22.8 Å². The van der Waals surface area contributed by atoms with Crippen LogP contribution in [0.15, 0.2) is 52.1 Å². The predicted octanol–water partition coefficient (Wildman–Crippen LogP) is 4.18. The molecule has 4 rings (SSSR count). The molecule has 0 N–H and O–H groups in total. The summed E-state index contributed by atoms with van der Waals surface area (Å²) in [6.07, 6.45) is 0. The lowest BCUT2D eigenvalue weighted by atomic mass is 10.1. The van der Waals surface area contributed by atoms with Crippen molar-refractivity contribution in [3.63, 3.8) is 0 Å². The Balaban J connectivity index is 1.92. The number of fused-ring (bicyclic) bond motifs is 1. The van der Waals surface area contributed by atoms with Crippen molar-refractivity contribution in [2.75, 3.05) is 0 Å². The zero-order chi connectivity index (χ0) is 24.1. The van der Waals surface area contributed by atoms with E-state index in [-0.39, 0.29) is 29.5 Å². The summed E-state index contributed by atoms with van der Waals surface area (Å²) in [6, 6.07) is 9.58. The fourth-order valence-corrected chi connectivity index (χ4v) is 3.56. The first-order chi connectivity index (χ1) is 15.5. The summed E-state index contributed by atoms with van der Waals surface area (Å²) >= 11 is 5.95. The van der Waals surface area contributed by atoms with Gasteiger partial charge < -0.3 is 4.74 Å². The number of nitrogens with zero attached hydrogens (tertiary/aromatic N) is 4. The number of alkyl halides is 2. The SMILES string of the molecule is Cn1c(=O)c2c(nc(Oc3ccc(F)c(C(C)(F)F)c3)n2Cc2ccc(Cl)cc2)n(C)c1=O. The van der Waals surface area contributed by atoms with Gasteiger partial charge >= 0.3 is 11.7 Å². The molecule has 0 saturated carbocycles. The molecule has 2 heterocycles. The molecule has 172 valence electrons. The third-order valence-corrected chi connectivity index (χ3v) is 5.44. The van der Waals surface area contributed by atoms with E-state index in [1.165, 1.54) is 29.3 Å². The minimum atomic E-state index is -3.44. The number of rotatable bonds is 5. The van der Waals surface area contributed by atoms with E-state index in [4.69, 9.17) is 16.3 Å². The number of hydrogen-bond acceptors (Lipinski definition) is 4. The highest BCUT2D eigenvalue weighted by atomic mass is 35.5. The second-order valence-corrected chi connectivity index (χ2v) is 8.05. The number of imidazole rings is 1. The van der Waals surface area contributed by atoms with Crippen molar-refractivity contribution < 1.29 is 17.9 Å². The molecule has 4 aromatic rings. The smallest absolute Gasteiger partial charge is 0.332 e. The van der Waals surface area contributed by atoms with Gasteiger partial charge in [-0.3, -0.25) is 18.5 Å². The molecule has 2 aromatic heterocycles. The molecule has 0 radical (unpaired) electrons. The van der Waals surface area contributed by atoms with Crippen molar-refractivity contribution in [3.05, 3.63) is 85.3 Å². The molecule has 0 aliphatic carbocycles. The summed E-state index contributed by atoms with van der Waals surface area (Å²) in [5, 5.41) is 0.517. The fourth-order valence-electron chi connectivity index (χ4n) is 3.43. The molecule has 0 atom stereocenters. The number of aryl methyl sites for hydroxylation is 1. The van der Waals surface area contributed by atoms with E-state index < -0.39 is 28.6 Å². The van der Waals surface area contributed by atoms with Gasteiger partial charge in [-0.2, -0.15) is 4.98 Å². The van der Waals surface area contributed by atoms with Crippen LogP contribution in [0.4, 0.5) is 13.2 Å². The van der Waals surface area contributed by atoms with Crippen molar-refractivity contribution in [2.45, 2.75) is 19.4 Å². The Morgan fingerprint density at radius 3 is 2.36 bits per heavy atom. The average Bonchev–Trinajstić information content (AvgIpc) is 3.11. The van der Waals surface area contributed by atoms with Crippen molar-refractivity contribution in [1.82, 2.24) is 18.7 Å². The molecule has 0 unspecified atom stereocenters. The fraction of sp³-hybridized carbons (Fsp3) is 0.227. The average molecular weight is 479 g/mol. The van der Waals surface area contributed by atoms with Crippen LogP contribution in [0.2, 0.25) is 5.02 Å². The first-order valence-electron chi connectivity index (χ1n) is 9.73. The van der Waals surface area contributed by atoms with Gasteiger partial charge in [-0.15, -0.1) is 0 Å². The summed E-state index contributed by atoms with van der Waals surface area (Å²) in [4.78, 5) is 29.6. The first kappa shape index (κ1) is 22.7. The van der Waals surface area contributed by atoms with Crippen LogP contribution in [0.5, 0.6) is 11.8 Å². The topological polar surface area (TPSA) is 71.1 Å². The predicted molar refractivity (Wildman–Crippen MR) is 117 cm³/mol. The van der Waals surface area contributed by atoms with Gasteiger partial charge in [0.2, 0.25) is 0 Å². The highest BCUT2D eigenvalue weighted by Gasteiger charge is 2.29. The summed E-state index contributed by atoms with van der Waals surface area (Å²) in [6.45, 7) is 0.679. The highest BCUT2D eigenvalue weighted by molar-refractivity contribution is 6.30. The van der Waals surface area contributed by atoms with E-state index in [1.807, 2.05) is 0 Å². The number of aromatic nitrogens is 4. The molecule has 0 aliphatic heterocycles. The van der Waals surface area contributed by atoms with Gasteiger partial charge in [-0.05, 0) is 35.9 Å². The zero-order valence-corrected chi connectivity index (χ0v) is 18.5. The molecule has 0 fully saturated rings. The second kappa shape index (κ2) is 8.11. The van der Waals surface area contributed by atoms with Crippen molar-refractivity contribution in [2.24, 2.45) is 14.1 Å². The molecule has 0 aliphatic rings. The van der Waals surface area contributed by atoms with Gasteiger partial charge in [0.15, 0.2) is 11.2 Å². The summed E-state index contributed by atoms with van der Waals surface area (Å²) in [7, 11) is 2.78. The monoisotopic (exact) mass is 478 g/mol. The Morgan fingerprint density at radius 2 is 1.73 bits per heavy atom. The summed E-state index contributed by atoms with van der Waals surface area (Å²) in [5.74, 6) is -4.63. The van der Waals surface area contributed by atoms with Crippen LogP contribution in [-0.2, 0) is 26.6 Å². The minimum absolute atomic E-state index is 0.0511. The van der Waals surface area contributed by atoms with E-state index in [0.717, 1.165) is 22.3 Å². The Morgan fingerprint density at radius 1 is 1.06 bits per heavy atom. The molecule has 0 saturated heterocycles. The summed E-state index contributed by atoms with van der Waals surface area (Å²) < 4.78 is 50.8. The van der Waals surface area contributed by atoms with Crippen LogP contribution >= 0.6 is 11.6 Å². The maximum absolute atomic E-state index is 13.9. The standard InChI is InChI=1S/C22H18ClF3N4O3/c1-22(25,26)15-10-14(8-9-16(15)24)33-20-27-18-17(19(31)29(3)21(32)28(18)2)30(20)11-12-4-6-13(23)7-5-12/h4-10H,11H2,1-3H3. The van der Waals surface area contributed by atoms with Gasteiger partial charge in [-0.25, -0.2) is 18.0 Å². The largest absolute Gasteiger partial charge is 0.425 e. The molecule has 11 heteroatoms. The van der Waals surface area contributed by atoms with Crippen LogP contribution < -0.4 is 16.0 Å². The van der Waals surface area contributed by atoms with Gasteiger partial charge in [0.1, 0.15) is 11.6 Å². The van der Waals surface area contributed by atoms with Crippen LogP contribution in [-0.4, -0.2) is 18.7 Å². The zero-order valence-electron chi connectivity index (χ0n) is 17.8. The molecule has 33 heavy (non-hydrogen) atoms. The van der Waals surface area contributed by atoms with Gasteiger partial charge in [0, 0.05) is 26.0 Å².